The summed E-state index contributed by atoms with van der Waals surface area (Å²) in [6, 6.07) is 3.28. The van der Waals surface area contributed by atoms with Gasteiger partial charge < -0.3 is 9.47 Å². The van der Waals surface area contributed by atoms with Crippen LogP contribution in [-0.2, 0) is 10.4 Å². The molecule has 0 atom stereocenters. The average molecular weight is 262 g/mol. The second-order valence-electron chi connectivity index (χ2n) is 3.17. The van der Waals surface area contributed by atoms with Crippen LogP contribution in [-0.4, -0.2) is 25.3 Å². The molecule has 2 heterocycles. The number of pyridine rings is 1. The predicted molar refractivity (Wildman–Crippen MR) is 52.1 cm³/mol. The molecule has 0 amide bonds. The van der Waals surface area contributed by atoms with Gasteiger partial charge in [0.2, 0.25) is 0 Å². The van der Waals surface area contributed by atoms with Crippen LogP contribution in [0, 0.1) is 0 Å². The number of aromatic nitrogens is 1. The Labute approximate surface area is 89.4 Å². The Bertz CT molecular complexity index is 355. The first-order valence-electron chi connectivity index (χ1n) is 4.13. The van der Waals surface area contributed by atoms with E-state index < -0.39 is 5.67 Å². The van der Waals surface area contributed by atoms with E-state index in [4.69, 9.17) is 9.47 Å². The van der Waals surface area contributed by atoms with E-state index in [1.165, 1.54) is 7.11 Å². The Balaban J connectivity index is 2.37. The molecule has 1 aliphatic rings. The fourth-order valence-electron chi connectivity index (χ4n) is 1.25. The number of rotatable bonds is 2. The summed E-state index contributed by atoms with van der Waals surface area (Å²) in [7, 11) is 1.54. The molecule has 14 heavy (non-hydrogen) atoms. The minimum atomic E-state index is -1.45. The minimum absolute atomic E-state index is 0.0691. The van der Waals surface area contributed by atoms with E-state index in [1.54, 1.807) is 12.1 Å². The van der Waals surface area contributed by atoms with Gasteiger partial charge in [-0.05, 0) is 15.9 Å². The van der Waals surface area contributed by atoms with Crippen molar-refractivity contribution in [3.05, 3.63) is 22.4 Å². The van der Waals surface area contributed by atoms with Crippen LogP contribution in [0.15, 0.2) is 16.7 Å². The monoisotopic (exact) mass is 261 g/mol. The van der Waals surface area contributed by atoms with Crippen molar-refractivity contribution in [2.45, 2.75) is 5.67 Å². The fraction of sp³-hybridized carbons (Fsp3) is 0.444. The predicted octanol–water partition coefficient (Wildman–Crippen LogP) is 2.05. The van der Waals surface area contributed by atoms with Crippen LogP contribution in [0.25, 0.3) is 0 Å². The quantitative estimate of drug-likeness (QED) is 0.764. The molecule has 0 unspecified atom stereocenters. The number of hydrogen-bond donors (Lipinski definition) is 0. The van der Waals surface area contributed by atoms with Crippen LogP contribution in [0.5, 0.6) is 5.75 Å². The van der Waals surface area contributed by atoms with E-state index in [0.29, 0.717) is 16.0 Å². The Morgan fingerprint density at radius 1 is 1.57 bits per heavy atom. The smallest absolute Gasteiger partial charge is 0.198 e. The molecule has 3 nitrogen and oxygen atoms in total. The number of hydrogen-bond acceptors (Lipinski definition) is 3. The standard InChI is InChI=1S/C9H9BrFNO2/c1-13-6-2-7(12-8(10)3-6)9(11)4-14-5-9/h2-3H,4-5H2,1H3. The molecule has 76 valence electrons. The van der Waals surface area contributed by atoms with E-state index in [9.17, 15) is 4.39 Å². The highest BCUT2D eigenvalue weighted by Gasteiger charge is 2.42. The van der Waals surface area contributed by atoms with Gasteiger partial charge in [-0.15, -0.1) is 0 Å². The second kappa shape index (κ2) is 3.47. The summed E-state index contributed by atoms with van der Waals surface area (Å²) in [6.07, 6.45) is 0. The molecule has 5 heteroatoms. The van der Waals surface area contributed by atoms with E-state index in [2.05, 4.69) is 20.9 Å². The SMILES string of the molecule is COc1cc(Br)nc(C2(F)COC2)c1. The minimum Gasteiger partial charge on any atom is -0.497 e. The lowest BCUT2D eigenvalue weighted by molar-refractivity contribution is -0.137. The molecule has 0 saturated carbocycles. The third kappa shape index (κ3) is 1.62. The number of alkyl halides is 1. The lowest BCUT2D eigenvalue weighted by Crippen LogP contribution is -2.43. The lowest BCUT2D eigenvalue weighted by atomic mass is 9.99. The molecule has 1 fully saturated rings. The van der Waals surface area contributed by atoms with E-state index >= 15 is 0 Å². The van der Waals surface area contributed by atoms with Crippen LogP contribution in [0.2, 0.25) is 0 Å². The molecule has 1 aromatic heterocycles. The summed E-state index contributed by atoms with van der Waals surface area (Å²) in [5, 5.41) is 0. The summed E-state index contributed by atoms with van der Waals surface area (Å²) in [5.74, 6) is 0.589. The molecule has 1 aromatic rings. The van der Waals surface area contributed by atoms with Gasteiger partial charge in [0.05, 0.1) is 26.0 Å². The van der Waals surface area contributed by atoms with Crippen molar-refractivity contribution in [1.29, 1.82) is 0 Å². The van der Waals surface area contributed by atoms with Gasteiger partial charge in [0, 0.05) is 12.1 Å². The van der Waals surface area contributed by atoms with E-state index in [0.717, 1.165) is 0 Å². The van der Waals surface area contributed by atoms with Crippen LogP contribution in [0.3, 0.4) is 0 Å². The molecular weight excluding hydrogens is 253 g/mol. The van der Waals surface area contributed by atoms with Gasteiger partial charge in [-0.2, -0.15) is 0 Å². The molecule has 1 aliphatic heterocycles. The third-order valence-electron chi connectivity index (χ3n) is 2.12. The zero-order valence-electron chi connectivity index (χ0n) is 7.59. The first-order chi connectivity index (χ1) is 6.64. The Hall–Kier alpha value is -0.680. The lowest BCUT2D eigenvalue weighted by Gasteiger charge is -2.33. The average Bonchev–Trinajstić information content (AvgIpc) is 2.13. The Morgan fingerprint density at radius 2 is 2.29 bits per heavy atom. The summed E-state index contributed by atoms with van der Waals surface area (Å²) in [6.45, 7) is 0.138. The van der Waals surface area contributed by atoms with Gasteiger partial charge in [0.1, 0.15) is 10.4 Å². The molecule has 0 radical (unpaired) electrons. The molecule has 0 bridgehead atoms. The van der Waals surface area contributed by atoms with Gasteiger partial charge in [0.15, 0.2) is 5.67 Å². The van der Waals surface area contributed by atoms with E-state index in [1.807, 2.05) is 0 Å². The van der Waals surface area contributed by atoms with Gasteiger partial charge in [-0.3, -0.25) is 0 Å². The molecule has 2 rings (SSSR count). The maximum Gasteiger partial charge on any atom is 0.198 e. The largest absolute Gasteiger partial charge is 0.497 e. The van der Waals surface area contributed by atoms with Crippen molar-refractivity contribution < 1.29 is 13.9 Å². The third-order valence-corrected chi connectivity index (χ3v) is 2.53. The van der Waals surface area contributed by atoms with Crippen LogP contribution in [0.1, 0.15) is 5.69 Å². The van der Waals surface area contributed by atoms with Gasteiger partial charge in [-0.25, -0.2) is 9.37 Å². The number of ether oxygens (including phenoxy) is 2. The number of halogens is 2. The maximum absolute atomic E-state index is 13.9. The Morgan fingerprint density at radius 3 is 2.79 bits per heavy atom. The summed E-state index contributed by atoms with van der Waals surface area (Å²) in [5.41, 5.74) is -1.09. The van der Waals surface area contributed by atoms with Crippen molar-refractivity contribution in [1.82, 2.24) is 4.98 Å². The highest BCUT2D eigenvalue weighted by molar-refractivity contribution is 9.10. The highest BCUT2D eigenvalue weighted by Crippen LogP contribution is 2.35. The highest BCUT2D eigenvalue weighted by atomic mass is 79.9. The normalized spacial score (nSPS) is 18.8. The van der Waals surface area contributed by atoms with Crippen molar-refractivity contribution in [2.75, 3.05) is 20.3 Å². The van der Waals surface area contributed by atoms with Crippen LogP contribution < -0.4 is 4.74 Å². The topological polar surface area (TPSA) is 31.4 Å². The number of nitrogens with zero attached hydrogens (tertiary/aromatic N) is 1. The van der Waals surface area contributed by atoms with Crippen molar-refractivity contribution in [3.8, 4) is 5.75 Å². The number of methoxy groups -OCH3 is 1. The molecule has 0 N–H and O–H groups in total. The van der Waals surface area contributed by atoms with Gasteiger partial charge in [-0.1, -0.05) is 0 Å². The summed E-state index contributed by atoms with van der Waals surface area (Å²) < 4.78 is 24.3. The van der Waals surface area contributed by atoms with Crippen molar-refractivity contribution >= 4 is 15.9 Å². The van der Waals surface area contributed by atoms with Gasteiger partial charge >= 0.3 is 0 Å². The second-order valence-corrected chi connectivity index (χ2v) is 3.99. The van der Waals surface area contributed by atoms with Crippen molar-refractivity contribution in [3.63, 3.8) is 0 Å². The first kappa shape index (κ1) is 9.86. The van der Waals surface area contributed by atoms with Crippen molar-refractivity contribution in [2.24, 2.45) is 0 Å². The summed E-state index contributed by atoms with van der Waals surface area (Å²) in [4.78, 5) is 4.06. The molecular formula is C9H9BrFNO2. The zero-order chi connectivity index (χ0) is 10.2. The van der Waals surface area contributed by atoms with Gasteiger partial charge in [0.25, 0.3) is 0 Å². The molecule has 0 spiro atoms. The maximum atomic E-state index is 13.9. The first-order valence-corrected chi connectivity index (χ1v) is 4.92. The molecule has 0 aromatic carbocycles. The fourth-order valence-corrected chi connectivity index (χ4v) is 1.67. The Kier molecular flexibility index (Phi) is 2.45. The summed E-state index contributed by atoms with van der Waals surface area (Å²) >= 11 is 3.20. The van der Waals surface area contributed by atoms with Crippen LogP contribution in [0.4, 0.5) is 4.39 Å². The van der Waals surface area contributed by atoms with E-state index in [-0.39, 0.29) is 13.2 Å². The van der Waals surface area contributed by atoms with Crippen LogP contribution >= 0.6 is 15.9 Å². The zero-order valence-corrected chi connectivity index (χ0v) is 9.17. The molecule has 0 aliphatic carbocycles. The molecule has 1 saturated heterocycles.